The van der Waals surface area contributed by atoms with E-state index >= 15 is 8.78 Å². The molecule has 55 heavy (non-hydrogen) atoms. The number of halogens is 2. The van der Waals surface area contributed by atoms with Crippen molar-refractivity contribution in [1.82, 2.24) is 0 Å². The first-order chi connectivity index (χ1) is 27.2. The van der Waals surface area contributed by atoms with Crippen molar-refractivity contribution in [3.8, 4) is 44.5 Å². The number of benzene rings is 10. The predicted molar refractivity (Wildman–Crippen MR) is 231 cm³/mol. The Balaban J connectivity index is 1.18. The summed E-state index contributed by atoms with van der Waals surface area (Å²) < 4.78 is 33.4. The van der Waals surface area contributed by atoms with Gasteiger partial charge in [0, 0.05) is 25.7 Å². The molecule has 1 heterocycles. The van der Waals surface area contributed by atoms with Crippen LogP contribution in [0, 0.1) is 11.6 Å². The van der Waals surface area contributed by atoms with Crippen LogP contribution in [0.5, 0.6) is 0 Å². The quantitative estimate of drug-likeness (QED) is 0.159. The van der Waals surface area contributed by atoms with Gasteiger partial charge in [-0.25, -0.2) is 8.78 Å². The summed E-state index contributed by atoms with van der Waals surface area (Å²) in [5.41, 5.74) is 7.63. The first kappa shape index (κ1) is 31.8. The molecule has 0 saturated carbocycles. The highest BCUT2D eigenvalue weighted by molar-refractivity contribution is 7.26. The third-order valence-electron chi connectivity index (χ3n) is 11.2. The van der Waals surface area contributed by atoms with Crippen LogP contribution in [-0.4, -0.2) is 0 Å². The van der Waals surface area contributed by atoms with Crippen LogP contribution >= 0.6 is 11.3 Å². The summed E-state index contributed by atoms with van der Waals surface area (Å²) in [6, 6.07) is 61.9. The summed E-state index contributed by atoms with van der Waals surface area (Å²) in [6.07, 6.45) is 0. The van der Waals surface area contributed by atoms with Gasteiger partial charge in [0.1, 0.15) is 11.6 Å². The van der Waals surface area contributed by atoms with E-state index in [0.717, 1.165) is 32.7 Å². The minimum absolute atomic E-state index is 0.00536. The molecule has 1 aromatic heterocycles. The Morgan fingerprint density at radius 2 is 0.745 bits per heavy atom. The van der Waals surface area contributed by atoms with E-state index in [9.17, 15) is 0 Å². The lowest BCUT2D eigenvalue weighted by atomic mass is 9.84. The number of fused-ring (bicyclic) bond motifs is 7. The Morgan fingerprint density at radius 1 is 0.291 bits per heavy atom. The van der Waals surface area contributed by atoms with E-state index in [1.807, 2.05) is 36.4 Å². The lowest BCUT2D eigenvalue weighted by molar-refractivity contribution is 0.590. The van der Waals surface area contributed by atoms with Gasteiger partial charge in [-0.3, -0.25) is 0 Å². The van der Waals surface area contributed by atoms with Crippen molar-refractivity contribution in [1.29, 1.82) is 0 Å². The van der Waals surface area contributed by atoms with Crippen LogP contribution in [0.2, 0.25) is 0 Å². The maximum Gasteiger partial charge on any atom is 0.134 e. The van der Waals surface area contributed by atoms with E-state index in [1.54, 1.807) is 11.3 Å². The van der Waals surface area contributed by atoms with E-state index in [2.05, 4.69) is 127 Å². The zero-order valence-electron chi connectivity index (χ0n) is 29.5. The lowest BCUT2D eigenvalue weighted by Gasteiger charge is -2.19. The van der Waals surface area contributed by atoms with Gasteiger partial charge in [-0.1, -0.05) is 158 Å². The van der Waals surface area contributed by atoms with Crippen molar-refractivity contribution in [2.75, 3.05) is 0 Å². The third-order valence-corrected chi connectivity index (χ3v) is 12.3. The molecule has 0 nitrogen and oxygen atoms in total. The van der Waals surface area contributed by atoms with Gasteiger partial charge in [0.15, 0.2) is 0 Å². The minimum atomic E-state index is -0.569. The molecule has 0 saturated heterocycles. The van der Waals surface area contributed by atoms with Crippen LogP contribution in [0.1, 0.15) is 0 Å². The van der Waals surface area contributed by atoms with Crippen LogP contribution < -0.4 is 0 Å². The molecule has 10 aromatic carbocycles. The van der Waals surface area contributed by atoms with Crippen molar-refractivity contribution in [3.05, 3.63) is 194 Å². The van der Waals surface area contributed by atoms with Crippen molar-refractivity contribution in [2.45, 2.75) is 0 Å². The molecule has 11 aromatic rings. The van der Waals surface area contributed by atoms with Gasteiger partial charge >= 0.3 is 0 Å². The highest BCUT2D eigenvalue weighted by atomic mass is 32.1. The van der Waals surface area contributed by atoms with Gasteiger partial charge in [0.05, 0.1) is 5.56 Å². The van der Waals surface area contributed by atoms with Crippen LogP contribution in [0.3, 0.4) is 0 Å². The fourth-order valence-corrected chi connectivity index (χ4v) is 10.1. The third kappa shape index (κ3) is 4.80. The summed E-state index contributed by atoms with van der Waals surface area (Å²) >= 11 is 1.81. The number of hydrogen-bond acceptors (Lipinski definition) is 1. The summed E-state index contributed by atoms with van der Waals surface area (Å²) in [7, 11) is 0. The van der Waals surface area contributed by atoms with E-state index in [1.165, 1.54) is 82.2 Å². The summed E-state index contributed by atoms with van der Waals surface area (Å²) in [5, 5.41) is 10.9. The molecule has 0 N–H and O–H groups in total. The molecule has 0 aliphatic heterocycles. The van der Waals surface area contributed by atoms with Crippen molar-refractivity contribution in [2.24, 2.45) is 0 Å². The van der Waals surface area contributed by atoms with Crippen molar-refractivity contribution < 1.29 is 8.78 Å². The predicted octanol–water partition coefficient (Wildman–Crippen LogP) is 15.6. The second-order valence-corrected chi connectivity index (χ2v) is 15.2. The van der Waals surface area contributed by atoms with Gasteiger partial charge in [-0.2, -0.15) is 0 Å². The van der Waals surface area contributed by atoms with Crippen LogP contribution in [0.15, 0.2) is 182 Å². The van der Waals surface area contributed by atoms with Crippen LogP contribution in [-0.2, 0) is 0 Å². The summed E-state index contributed by atoms with van der Waals surface area (Å²) in [5.74, 6) is -1.14. The monoisotopic (exact) mass is 724 g/mol. The van der Waals surface area contributed by atoms with Gasteiger partial charge in [-0.15, -0.1) is 11.3 Å². The lowest BCUT2D eigenvalue weighted by Crippen LogP contribution is -1.95. The van der Waals surface area contributed by atoms with E-state index in [0.29, 0.717) is 5.56 Å². The topological polar surface area (TPSA) is 0 Å². The smallest absolute Gasteiger partial charge is 0.134 e. The average molecular weight is 725 g/mol. The highest BCUT2D eigenvalue weighted by Gasteiger charge is 2.23. The highest BCUT2D eigenvalue weighted by Crippen LogP contribution is 2.50. The molecule has 3 heteroatoms. The Labute approximate surface area is 320 Å². The molecule has 0 bridgehead atoms. The molecule has 0 fully saturated rings. The Kier molecular flexibility index (Phi) is 7.20. The van der Waals surface area contributed by atoms with Crippen molar-refractivity contribution in [3.63, 3.8) is 0 Å². The molecule has 0 aliphatic carbocycles. The maximum atomic E-state index is 15.5. The average Bonchev–Trinajstić information content (AvgIpc) is 3.61. The van der Waals surface area contributed by atoms with Crippen LogP contribution in [0.25, 0.3) is 108 Å². The molecule has 0 aliphatic rings. The first-order valence-electron chi connectivity index (χ1n) is 18.5. The Hall–Kier alpha value is -6.68. The largest absolute Gasteiger partial charge is 0.206 e. The van der Waals surface area contributed by atoms with E-state index in [-0.39, 0.29) is 5.56 Å². The molecule has 0 spiro atoms. The van der Waals surface area contributed by atoms with Gasteiger partial charge in [0.25, 0.3) is 0 Å². The molecule has 0 unspecified atom stereocenters. The summed E-state index contributed by atoms with van der Waals surface area (Å²) in [6.45, 7) is 0. The SMILES string of the molecule is Fc1cccc(F)c1-c1c2ccccc2c(-c2ccc3c(c2)sc2cccc(-c4c5ccccc5c(-c5ccccc5)c5ccccc45)c23)c2ccccc12. The fourth-order valence-electron chi connectivity index (χ4n) is 8.97. The summed E-state index contributed by atoms with van der Waals surface area (Å²) in [4.78, 5) is 0. The molecular formula is C52H30F2S. The molecule has 0 radical (unpaired) electrons. The molecule has 0 atom stereocenters. The van der Waals surface area contributed by atoms with Gasteiger partial charge in [-0.05, 0) is 101 Å². The normalized spacial score (nSPS) is 11.8. The second kappa shape index (κ2) is 12.4. The van der Waals surface area contributed by atoms with Gasteiger partial charge in [0.2, 0.25) is 0 Å². The minimum Gasteiger partial charge on any atom is -0.206 e. The molecule has 258 valence electrons. The Bertz CT molecular complexity index is 3210. The molecule has 0 amide bonds. The molecule has 11 rings (SSSR count). The number of hydrogen-bond donors (Lipinski definition) is 0. The van der Waals surface area contributed by atoms with Crippen molar-refractivity contribution >= 4 is 74.6 Å². The number of thiophene rings is 1. The first-order valence-corrected chi connectivity index (χ1v) is 19.3. The zero-order valence-corrected chi connectivity index (χ0v) is 30.3. The Morgan fingerprint density at radius 3 is 1.29 bits per heavy atom. The standard InChI is InChI=1S/C52H30F2S/c53-43-25-13-26-44(54)52(43)51-39-22-10-6-18-35(39)48(36-19-7-11-23-40(36)51)32-28-29-41-46(30-32)55-45-27-12-24-42(50(41)45)49-37-20-8-4-16-33(37)47(31-14-2-1-3-15-31)34-17-5-9-21-38(34)49/h1-30H. The zero-order chi connectivity index (χ0) is 36.6. The fraction of sp³-hybridized carbons (Fsp3) is 0. The second-order valence-electron chi connectivity index (χ2n) is 14.1. The maximum absolute atomic E-state index is 15.5. The van der Waals surface area contributed by atoms with Gasteiger partial charge < -0.3 is 0 Å². The van der Waals surface area contributed by atoms with Crippen LogP contribution in [0.4, 0.5) is 8.78 Å². The molecular weight excluding hydrogens is 695 g/mol. The number of rotatable bonds is 4. The van der Waals surface area contributed by atoms with E-state index < -0.39 is 11.6 Å². The van der Waals surface area contributed by atoms with E-state index in [4.69, 9.17) is 0 Å².